The van der Waals surface area contributed by atoms with Gasteiger partial charge in [0.1, 0.15) is 23.5 Å². The topological polar surface area (TPSA) is 156 Å². The van der Waals surface area contributed by atoms with Gasteiger partial charge in [-0.15, -0.1) is 10.2 Å². The van der Waals surface area contributed by atoms with Crippen LogP contribution in [-0.2, 0) is 14.8 Å². The first-order chi connectivity index (χ1) is 17.8. The maximum atomic E-state index is 13.6. The minimum atomic E-state index is -4.10. The summed E-state index contributed by atoms with van der Waals surface area (Å²) < 4.78 is 47.7. The van der Waals surface area contributed by atoms with E-state index in [0.717, 1.165) is 12.8 Å². The number of rotatable bonds is 10. The molecular weight excluding hydrogens is 524 g/mol. The van der Waals surface area contributed by atoms with E-state index in [1.54, 1.807) is 4.57 Å². The summed E-state index contributed by atoms with van der Waals surface area (Å²) in [6.45, 7) is 1.49. The zero-order chi connectivity index (χ0) is 26.3. The van der Waals surface area contributed by atoms with E-state index >= 15 is 0 Å². The molecule has 3 aromatic heterocycles. The minimum absolute atomic E-state index is 0.0410. The van der Waals surface area contributed by atoms with Gasteiger partial charge >= 0.3 is 0 Å². The molecule has 2 fully saturated rings. The van der Waals surface area contributed by atoms with Gasteiger partial charge in [-0.25, -0.2) is 18.4 Å². The molecule has 2 aliphatic rings. The van der Waals surface area contributed by atoms with Gasteiger partial charge in [0.2, 0.25) is 27.7 Å². The number of anilines is 1. The molecule has 0 spiro atoms. The van der Waals surface area contributed by atoms with Crippen molar-refractivity contribution in [1.29, 1.82) is 0 Å². The van der Waals surface area contributed by atoms with Gasteiger partial charge in [-0.05, 0) is 38.0 Å². The molecule has 0 aromatic carbocycles. The Hall–Kier alpha value is -3.10. The normalized spacial score (nSPS) is 22.2. The summed E-state index contributed by atoms with van der Waals surface area (Å²) >= 11 is 5.88. The number of methoxy groups -OCH3 is 3. The first kappa shape index (κ1) is 25.5. The van der Waals surface area contributed by atoms with Crippen LogP contribution in [-0.4, -0.2) is 69.7 Å². The number of sulfonamides is 1. The number of hydrogen-bond acceptors (Lipinski definition) is 11. The molecule has 15 heteroatoms. The standard InChI is InChI=1S/C22H27ClN8O5S/c1-11(17(34-2)18-24-8-15(23)9-25-18)37(32,33)30-22-29-28-19(14-6-12-5-13(12)7-14)31(22)16-20(35-3)26-10-27-21(16)36-4/h8-14,17H,5-7H2,1-4H3,(H,29,30)/t11-,12?,13?,14?,17-/m0/s1. The van der Waals surface area contributed by atoms with Crippen LogP contribution in [0.5, 0.6) is 11.8 Å². The number of nitrogens with zero attached hydrogens (tertiary/aromatic N) is 7. The predicted molar refractivity (Wildman–Crippen MR) is 132 cm³/mol. The Kier molecular flexibility index (Phi) is 6.89. The second kappa shape index (κ2) is 9.99. The molecule has 2 saturated carbocycles. The highest BCUT2D eigenvalue weighted by atomic mass is 35.5. The molecule has 0 radical (unpaired) electrons. The molecular formula is C22H27ClN8O5S. The largest absolute Gasteiger partial charge is 0.479 e. The van der Waals surface area contributed by atoms with Gasteiger partial charge in [0.15, 0.2) is 11.5 Å². The fourth-order valence-corrected chi connectivity index (χ4v) is 6.20. The quantitative estimate of drug-likeness (QED) is 0.395. The van der Waals surface area contributed by atoms with E-state index in [0.29, 0.717) is 28.4 Å². The van der Waals surface area contributed by atoms with Gasteiger partial charge < -0.3 is 14.2 Å². The van der Waals surface area contributed by atoms with Gasteiger partial charge in [-0.1, -0.05) is 11.6 Å². The van der Waals surface area contributed by atoms with Crippen molar-refractivity contribution in [2.45, 2.75) is 43.5 Å². The summed E-state index contributed by atoms with van der Waals surface area (Å²) in [4.78, 5) is 16.7. The van der Waals surface area contributed by atoms with Crippen LogP contribution in [0.2, 0.25) is 5.02 Å². The molecule has 3 aromatic rings. The Bertz CT molecular complexity index is 1350. The summed E-state index contributed by atoms with van der Waals surface area (Å²) in [6.07, 6.45) is 6.20. The second-order valence-electron chi connectivity index (χ2n) is 9.15. The Balaban J connectivity index is 1.55. The van der Waals surface area contributed by atoms with Crippen LogP contribution in [0, 0.1) is 11.8 Å². The zero-order valence-corrected chi connectivity index (χ0v) is 22.3. The van der Waals surface area contributed by atoms with Crippen molar-refractivity contribution in [3.8, 4) is 17.4 Å². The minimum Gasteiger partial charge on any atom is -0.479 e. The lowest BCUT2D eigenvalue weighted by atomic mass is 10.0. The molecule has 0 amide bonds. The van der Waals surface area contributed by atoms with Gasteiger partial charge in [0.25, 0.3) is 0 Å². The maximum absolute atomic E-state index is 13.6. The summed E-state index contributed by atoms with van der Waals surface area (Å²) in [6, 6.07) is 0. The number of fused-ring (bicyclic) bond motifs is 1. The third-order valence-corrected chi connectivity index (χ3v) is 8.85. The number of nitrogens with one attached hydrogen (secondary N) is 1. The molecule has 2 unspecified atom stereocenters. The molecule has 37 heavy (non-hydrogen) atoms. The highest BCUT2D eigenvalue weighted by molar-refractivity contribution is 7.93. The number of ether oxygens (including phenoxy) is 3. The van der Waals surface area contributed by atoms with Crippen molar-refractivity contribution in [2.75, 3.05) is 26.1 Å². The lowest BCUT2D eigenvalue weighted by Crippen LogP contribution is -2.33. The zero-order valence-electron chi connectivity index (χ0n) is 20.7. The van der Waals surface area contributed by atoms with Crippen LogP contribution in [0.1, 0.15) is 49.9 Å². The molecule has 0 aliphatic heterocycles. The first-order valence-corrected chi connectivity index (χ1v) is 13.6. The predicted octanol–water partition coefficient (Wildman–Crippen LogP) is 2.55. The Labute approximate surface area is 219 Å². The lowest BCUT2D eigenvalue weighted by Gasteiger charge is -2.23. The van der Waals surface area contributed by atoms with Crippen molar-refractivity contribution in [1.82, 2.24) is 34.7 Å². The van der Waals surface area contributed by atoms with Crippen molar-refractivity contribution in [3.05, 3.63) is 35.4 Å². The average Bonchev–Trinajstić information content (AvgIpc) is 3.30. The summed E-state index contributed by atoms with van der Waals surface area (Å²) in [5.74, 6) is 2.52. The maximum Gasteiger partial charge on any atom is 0.245 e. The monoisotopic (exact) mass is 550 g/mol. The van der Waals surface area contributed by atoms with E-state index < -0.39 is 21.4 Å². The Morgan fingerprint density at radius 1 is 1.00 bits per heavy atom. The van der Waals surface area contributed by atoms with E-state index in [-0.39, 0.29) is 29.5 Å². The summed E-state index contributed by atoms with van der Waals surface area (Å²) in [7, 11) is 0.207. The smallest absolute Gasteiger partial charge is 0.245 e. The van der Waals surface area contributed by atoms with Crippen molar-refractivity contribution < 1.29 is 22.6 Å². The third kappa shape index (κ3) is 4.80. The van der Waals surface area contributed by atoms with E-state index in [9.17, 15) is 8.42 Å². The van der Waals surface area contributed by atoms with Gasteiger partial charge in [-0.2, -0.15) is 9.97 Å². The van der Waals surface area contributed by atoms with Crippen molar-refractivity contribution in [2.24, 2.45) is 11.8 Å². The summed E-state index contributed by atoms with van der Waals surface area (Å²) in [5.41, 5.74) is 0.308. The summed E-state index contributed by atoms with van der Waals surface area (Å²) in [5, 5.41) is 7.85. The van der Waals surface area contributed by atoms with Crippen LogP contribution in [0.15, 0.2) is 18.7 Å². The fraction of sp³-hybridized carbons (Fsp3) is 0.545. The molecule has 4 atom stereocenters. The highest BCUT2D eigenvalue weighted by Crippen LogP contribution is 2.57. The Morgan fingerprint density at radius 3 is 2.19 bits per heavy atom. The molecule has 2 aliphatic carbocycles. The lowest BCUT2D eigenvalue weighted by molar-refractivity contribution is 0.0950. The van der Waals surface area contributed by atoms with Crippen LogP contribution in [0.3, 0.4) is 0 Å². The van der Waals surface area contributed by atoms with E-state index in [4.69, 9.17) is 25.8 Å². The van der Waals surface area contributed by atoms with E-state index in [1.807, 2.05) is 0 Å². The average molecular weight is 551 g/mol. The SMILES string of the molecule is COc1ncnc(OC)c1-n1c(NS(=O)(=O)[C@@H](C)[C@H](OC)c2ncc(Cl)cn2)nnc1C1CC2CC2C1. The van der Waals surface area contributed by atoms with E-state index in [2.05, 4.69) is 34.9 Å². The highest BCUT2D eigenvalue weighted by Gasteiger charge is 2.48. The van der Waals surface area contributed by atoms with Crippen molar-refractivity contribution >= 4 is 27.6 Å². The van der Waals surface area contributed by atoms with Gasteiger partial charge in [0, 0.05) is 25.4 Å². The molecule has 5 rings (SSSR count). The van der Waals surface area contributed by atoms with Gasteiger partial charge in [0.05, 0.1) is 19.2 Å². The number of halogens is 1. The molecule has 0 bridgehead atoms. The molecule has 0 saturated heterocycles. The molecule has 3 heterocycles. The van der Waals surface area contributed by atoms with Crippen molar-refractivity contribution in [3.63, 3.8) is 0 Å². The molecule has 1 N–H and O–H groups in total. The Morgan fingerprint density at radius 2 is 1.62 bits per heavy atom. The van der Waals surface area contributed by atoms with Crippen LogP contribution < -0.4 is 14.2 Å². The van der Waals surface area contributed by atoms with Crippen LogP contribution >= 0.6 is 11.6 Å². The molecule has 198 valence electrons. The second-order valence-corrected chi connectivity index (χ2v) is 11.6. The van der Waals surface area contributed by atoms with Gasteiger partial charge in [-0.3, -0.25) is 9.29 Å². The first-order valence-electron chi connectivity index (χ1n) is 11.7. The fourth-order valence-electron chi connectivity index (χ4n) is 4.97. The third-order valence-electron chi connectivity index (χ3n) is 6.96. The number of aromatic nitrogens is 7. The number of hydrogen-bond donors (Lipinski definition) is 1. The van der Waals surface area contributed by atoms with Crippen LogP contribution in [0.25, 0.3) is 5.69 Å². The van der Waals surface area contributed by atoms with E-state index in [1.165, 1.54) is 53.4 Å². The molecule has 13 nitrogen and oxygen atoms in total. The van der Waals surface area contributed by atoms with Crippen LogP contribution in [0.4, 0.5) is 5.95 Å².